The molecule has 2 nitrogen and oxygen atoms in total. The van der Waals surface area contributed by atoms with Gasteiger partial charge in [0.25, 0.3) is 0 Å². The molecule has 157 valence electrons. The minimum atomic E-state index is -1.80. The van der Waals surface area contributed by atoms with E-state index < -0.39 is 8.24 Å². The number of hydrogen-bond donors (Lipinski definition) is 0. The number of hydrogen-bond acceptors (Lipinski definition) is 1. The van der Waals surface area contributed by atoms with Gasteiger partial charge in [0.2, 0.25) is 0 Å². The second-order valence-corrected chi connectivity index (χ2v) is 12.7. The van der Waals surface area contributed by atoms with Gasteiger partial charge >= 0.3 is 28.7 Å². The van der Waals surface area contributed by atoms with Gasteiger partial charge in [-0.1, -0.05) is 69.9 Å². The zero-order valence-corrected chi connectivity index (χ0v) is 22.2. The monoisotopic (exact) mass is 463 g/mol. The van der Waals surface area contributed by atoms with Crippen LogP contribution in [0.2, 0.25) is 13.1 Å². The molecule has 0 atom stereocenters. The predicted molar refractivity (Wildman–Crippen MR) is 128 cm³/mol. The molecular formula is C24H36ClN2SiTi. The molecule has 5 heteroatoms. The third-order valence-electron chi connectivity index (χ3n) is 4.84. The zero-order chi connectivity index (χ0) is 22.1. The van der Waals surface area contributed by atoms with Crippen molar-refractivity contribution in [3.8, 4) is 0 Å². The topological polar surface area (TPSA) is 17.3 Å². The van der Waals surface area contributed by atoms with Gasteiger partial charge in [-0.25, -0.2) is 0 Å². The van der Waals surface area contributed by atoms with Gasteiger partial charge in [-0.15, -0.1) is 5.54 Å². The van der Waals surface area contributed by atoms with Crippen molar-refractivity contribution in [2.24, 2.45) is 0 Å². The van der Waals surface area contributed by atoms with Crippen LogP contribution in [-0.4, -0.2) is 31.8 Å². The Labute approximate surface area is 197 Å². The Hall–Kier alpha value is -0.0588. The Morgan fingerprint density at radius 2 is 1.69 bits per heavy atom. The van der Waals surface area contributed by atoms with Crippen LogP contribution in [0.3, 0.4) is 0 Å². The molecule has 1 saturated carbocycles. The quantitative estimate of drug-likeness (QED) is 0.323. The van der Waals surface area contributed by atoms with Crippen molar-refractivity contribution < 1.29 is 19.4 Å². The normalized spacial score (nSPS) is 20.3. The Morgan fingerprint density at radius 1 is 1.10 bits per heavy atom. The van der Waals surface area contributed by atoms with E-state index in [4.69, 9.17) is 4.98 Å². The molecular weight excluding hydrogens is 428 g/mol. The summed E-state index contributed by atoms with van der Waals surface area (Å²) in [6.45, 7) is 19.2. The number of rotatable bonds is 4. The molecule has 0 aromatic carbocycles. The molecule has 1 saturated heterocycles. The summed E-state index contributed by atoms with van der Waals surface area (Å²) in [7, 11) is 2.84. The van der Waals surface area contributed by atoms with E-state index in [2.05, 4.69) is 86.1 Å². The van der Waals surface area contributed by atoms with Gasteiger partial charge in [0.1, 0.15) is 0 Å². The van der Waals surface area contributed by atoms with E-state index in [1.54, 1.807) is 6.08 Å². The van der Waals surface area contributed by atoms with Gasteiger partial charge in [-0.3, -0.25) is 0 Å². The van der Waals surface area contributed by atoms with E-state index >= 15 is 0 Å². The van der Waals surface area contributed by atoms with E-state index in [-0.39, 0.29) is 5.54 Å². The first-order valence-electron chi connectivity index (χ1n) is 10.3. The number of likely N-dealkylation sites (tertiary alicyclic amines) is 1. The van der Waals surface area contributed by atoms with Gasteiger partial charge in [-0.2, -0.15) is 0 Å². The SMILES string of the molecule is C=C/C=C/C.CC(C)(C)[N-][Si](C)(C)C1=CC=C(N2CCCC2)[C]2[CH][CH][CH][C]21.[Cl][Ti+]. The Morgan fingerprint density at radius 3 is 2.17 bits per heavy atom. The standard InChI is InChI=1S/C19H28N2Si.C5H8.ClH.Ti/c1-19(2,3)20-22(4,5)18-12-11-17(21-13-6-7-14-21)15-9-8-10-16(15)18;1-3-5-4-2;;/h8-12H,6-7,13-14H2,1-5H3;3-5H,1H2,2H3;1H;/q-1;;;+2/p-1/b;5-4+;;. The molecule has 0 bridgehead atoms. The molecule has 1 aliphatic heterocycles. The molecule has 0 N–H and O–H groups in total. The summed E-state index contributed by atoms with van der Waals surface area (Å²) < 4.78 is 0. The molecule has 0 aromatic heterocycles. The van der Waals surface area contributed by atoms with Crippen LogP contribution >= 0.6 is 9.30 Å². The molecule has 2 aliphatic carbocycles. The van der Waals surface area contributed by atoms with E-state index in [9.17, 15) is 0 Å². The fourth-order valence-corrected chi connectivity index (χ4v) is 7.19. The molecule has 2 fully saturated rings. The Balaban J connectivity index is 0.000000527. The molecule has 0 aromatic rings. The third-order valence-corrected chi connectivity index (χ3v) is 7.82. The number of nitrogens with zero attached hydrogens (tertiary/aromatic N) is 2. The molecule has 0 amide bonds. The van der Waals surface area contributed by atoms with Gasteiger partial charge in [0.15, 0.2) is 0 Å². The van der Waals surface area contributed by atoms with Gasteiger partial charge in [0, 0.05) is 30.6 Å². The molecule has 0 spiro atoms. The summed E-state index contributed by atoms with van der Waals surface area (Å²) in [6.07, 6.45) is 19.7. The van der Waals surface area contributed by atoms with Crippen molar-refractivity contribution in [2.45, 2.75) is 59.2 Å². The van der Waals surface area contributed by atoms with Crippen LogP contribution in [0.1, 0.15) is 40.5 Å². The van der Waals surface area contributed by atoms with Crippen molar-refractivity contribution in [1.29, 1.82) is 0 Å². The van der Waals surface area contributed by atoms with Crippen LogP contribution in [0.25, 0.3) is 4.98 Å². The zero-order valence-electron chi connectivity index (χ0n) is 18.9. The number of halogens is 1. The van der Waals surface area contributed by atoms with Crippen LogP contribution < -0.4 is 0 Å². The molecule has 1 heterocycles. The summed E-state index contributed by atoms with van der Waals surface area (Å²) in [5.41, 5.74) is 1.45. The van der Waals surface area contributed by atoms with Crippen molar-refractivity contribution in [1.82, 2.24) is 4.90 Å². The first-order chi connectivity index (χ1) is 13.7. The second kappa shape index (κ2) is 12.7. The average molecular weight is 464 g/mol. The molecule has 5 radical (unpaired) electrons. The fourth-order valence-electron chi connectivity index (χ4n) is 4.02. The molecule has 3 aliphatic rings. The maximum absolute atomic E-state index is 5.19. The minimum absolute atomic E-state index is 0.0300. The molecule has 3 rings (SSSR count). The van der Waals surface area contributed by atoms with E-state index in [0.29, 0.717) is 0 Å². The summed E-state index contributed by atoms with van der Waals surface area (Å²) in [5, 5.41) is 1.48. The van der Waals surface area contributed by atoms with Gasteiger partial charge in [0.05, 0.1) is 0 Å². The van der Waals surface area contributed by atoms with E-state index in [1.165, 1.54) is 68.0 Å². The maximum atomic E-state index is 5.19. The molecule has 0 unspecified atom stereocenters. The van der Waals surface area contributed by atoms with Crippen molar-refractivity contribution >= 4 is 17.5 Å². The predicted octanol–water partition coefficient (Wildman–Crippen LogP) is 7.03. The second-order valence-electron chi connectivity index (χ2n) is 8.78. The van der Waals surface area contributed by atoms with Gasteiger partial charge in [-0.05, 0) is 53.3 Å². The van der Waals surface area contributed by atoms with E-state index in [0.717, 1.165) is 0 Å². The summed E-state index contributed by atoms with van der Waals surface area (Å²) in [6, 6.07) is 0. The van der Waals surface area contributed by atoms with Crippen LogP contribution in [0.4, 0.5) is 0 Å². The first kappa shape index (κ1) is 27.0. The summed E-state index contributed by atoms with van der Waals surface area (Å²) >= 11 is 1.47. The summed E-state index contributed by atoms with van der Waals surface area (Å²) in [5.74, 6) is 2.85. The van der Waals surface area contributed by atoms with Crippen LogP contribution in [0, 0.1) is 31.1 Å². The van der Waals surface area contributed by atoms with Crippen LogP contribution in [-0.2, 0) is 19.4 Å². The molecule has 29 heavy (non-hydrogen) atoms. The van der Waals surface area contributed by atoms with Crippen molar-refractivity contribution in [3.63, 3.8) is 0 Å². The van der Waals surface area contributed by atoms with Gasteiger partial charge < -0.3 is 9.88 Å². The Bertz CT molecular complexity index is 598. The number of fused-ring (bicyclic) bond motifs is 1. The van der Waals surface area contributed by atoms with E-state index in [1.807, 2.05) is 19.1 Å². The average Bonchev–Trinajstić information content (AvgIpc) is 3.34. The summed E-state index contributed by atoms with van der Waals surface area (Å²) in [4.78, 5) is 7.74. The van der Waals surface area contributed by atoms with Crippen LogP contribution in [0.5, 0.6) is 0 Å². The Kier molecular flexibility index (Phi) is 11.8. The van der Waals surface area contributed by atoms with Crippen LogP contribution in [0.15, 0.2) is 47.9 Å². The van der Waals surface area contributed by atoms with Crippen molar-refractivity contribution in [2.75, 3.05) is 13.1 Å². The fraction of sp³-hybridized carbons (Fsp3) is 0.458. The van der Waals surface area contributed by atoms with Crippen molar-refractivity contribution in [3.05, 3.63) is 83.9 Å². The number of allylic oxidation sites excluding steroid dienone is 7. The third kappa shape index (κ3) is 8.18. The first-order valence-corrected chi connectivity index (χ1v) is 15.4.